The van der Waals surface area contributed by atoms with E-state index in [9.17, 15) is 0 Å². The van der Waals surface area contributed by atoms with Gasteiger partial charge in [-0.1, -0.05) is 14.4 Å². The molecule has 24 heavy (non-hydrogen) atoms. The van der Waals surface area contributed by atoms with Crippen molar-refractivity contribution in [3.8, 4) is 0 Å². The summed E-state index contributed by atoms with van der Waals surface area (Å²) in [6.07, 6.45) is 1.22. The van der Waals surface area contributed by atoms with Crippen molar-refractivity contribution in [3.05, 3.63) is 0 Å². The molecule has 0 aliphatic carbocycles. The van der Waals surface area contributed by atoms with E-state index in [2.05, 4.69) is 30.8 Å². The fraction of sp³-hybridized carbons (Fsp3) is 1.00. The van der Waals surface area contributed by atoms with E-state index in [4.69, 9.17) is 46.4 Å². The van der Waals surface area contributed by atoms with Gasteiger partial charge in [0.1, 0.15) is 13.1 Å². The van der Waals surface area contributed by atoms with E-state index >= 15 is 0 Å². The van der Waals surface area contributed by atoms with E-state index in [-0.39, 0.29) is 7.43 Å². The normalized spacial score (nSPS) is 14.2. The number of rotatable bonds is 10. The lowest BCUT2D eigenvalue weighted by Crippen LogP contribution is -2.22. The van der Waals surface area contributed by atoms with Crippen LogP contribution in [0.25, 0.3) is 0 Å². The van der Waals surface area contributed by atoms with Crippen molar-refractivity contribution in [1.29, 1.82) is 0 Å². The second kappa shape index (κ2) is 20.4. The van der Waals surface area contributed by atoms with Crippen molar-refractivity contribution in [2.75, 3.05) is 90.5 Å². The Morgan fingerprint density at radius 3 is 1.33 bits per heavy atom. The molecule has 1 saturated heterocycles. The van der Waals surface area contributed by atoms with Gasteiger partial charge in [0.2, 0.25) is 0 Å². The van der Waals surface area contributed by atoms with E-state index in [1.54, 1.807) is 0 Å². The molecule has 1 rings (SSSR count). The molecule has 0 amide bonds. The summed E-state index contributed by atoms with van der Waals surface area (Å²) in [4.78, 5) is 4.33. The SMILES string of the molecule is C.CCCN(C)CCCl.CN(CCCl)CCCl.C[N+]1(CCCl)CC1. The third-order valence-corrected chi connectivity index (χ3v) is 4.29. The van der Waals surface area contributed by atoms with Crippen molar-refractivity contribution in [1.82, 2.24) is 9.80 Å². The van der Waals surface area contributed by atoms with Gasteiger partial charge in [-0.15, -0.1) is 46.4 Å². The Labute approximate surface area is 171 Å². The van der Waals surface area contributed by atoms with Crippen molar-refractivity contribution in [3.63, 3.8) is 0 Å². The summed E-state index contributed by atoms with van der Waals surface area (Å²) in [5.74, 6) is 2.94. The van der Waals surface area contributed by atoms with Crippen LogP contribution in [-0.4, -0.2) is 105 Å². The molecule has 3 nitrogen and oxygen atoms in total. The largest absolute Gasteiger partial charge is 0.316 e. The lowest BCUT2D eigenvalue weighted by Gasteiger charge is -2.11. The van der Waals surface area contributed by atoms with Gasteiger partial charge in [0.25, 0.3) is 0 Å². The van der Waals surface area contributed by atoms with Gasteiger partial charge < -0.3 is 14.3 Å². The minimum atomic E-state index is 0. The third-order valence-electron chi connectivity index (χ3n) is 3.62. The monoisotopic (exact) mass is 426 g/mol. The average Bonchev–Trinajstić information content (AvgIpc) is 3.19. The molecular weight excluding hydrogens is 388 g/mol. The zero-order valence-electron chi connectivity index (χ0n) is 15.3. The fourth-order valence-electron chi connectivity index (χ4n) is 1.64. The number of halogens is 4. The van der Waals surface area contributed by atoms with Crippen LogP contribution in [0.1, 0.15) is 20.8 Å². The second-order valence-corrected chi connectivity index (χ2v) is 7.66. The molecule has 0 radical (unpaired) electrons. The predicted octanol–water partition coefficient (Wildman–Crippen LogP) is 4.28. The van der Waals surface area contributed by atoms with E-state index in [0.717, 1.165) is 44.5 Å². The molecule has 0 atom stereocenters. The van der Waals surface area contributed by atoms with E-state index in [0.29, 0.717) is 11.8 Å². The first-order valence-corrected chi connectivity index (χ1v) is 10.5. The lowest BCUT2D eigenvalue weighted by molar-refractivity contribution is -0.774. The topological polar surface area (TPSA) is 6.48 Å². The zero-order chi connectivity index (χ0) is 18.1. The maximum atomic E-state index is 5.51. The van der Waals surface area contributed by atoms with Gasteiger partial charge in [-0.2, -0.15) is 0 Å². The highest BCUT2D eigenvalue weighted by Gasteiger charge is 2.35. The van der Waals surface area contributed by atoms with Gasteiger partial charge in [0.15, 0.2) is 0 Å². The molecular formula is C17H40Cl4N3+. The first kappa shape index (κ1) is 29.8. The number of likely N-dealkylation sites (N-methyl/N-ethyl adjacent to an activating group) is 1. The molecule has 0 unspecified atom stereocenters. The van der Waals surface area contributed by atoms with Crippen LogP contribution >= 0.6 is 46.4 Å². The van der Waals surface area contributed by atoms with Crippen LogP contribution in [0.2, 0.25) is 0 Å². The van der Waals surface area contributed by atoms with Crippen LogP contribution in [-0.2, 0) is 0 Å². The number of alkyl halides is 4. The van der Waals surface area contributed by atoms with E-state index < -0.39 is 0 Å². The maximum Gasteiger partial charge on any atom is 0.128 e. The summed E-state index contributed by atoms with van der Waals surface area (Å²) in [6, 6.07) is 0. The number of nitrogens with zero attached hydrogens (tertiary/aromatic N) is 3. The van der Waals surface area contributed by atoms with Gasteiger partial charge >= 0.3 is 0 Å². The van der Waals surface area contributed by atoms with Gasteiger partial charge in [0.05, 0.1) is 19.5 Å². The first-order valence-electron chi connectivity index (χ1n) is 8.33. The van der Waals surface area contributed by atoms with Crippen LogP contribution < -0.4 is 0 Å². The molecule has 1 heterocycles. The Hall–Kier alpha value is 1.04. The highest BCUT2D eigenvalue weighted by atomic mass is 35.5. The van der Waals surface area contributed by atoms with Gasteiger partial charge in [-0.05, 0) is 27.1 Å². The first-order chi connectivity index (χ1) is 10.9. The van der Waals surface area contributed by atoms with Crippen LogP contribution in [0.3, 0.4) is 0 Å². The van der Waals surface area contributed by atoms with Gasteiger partial charge in [-0.25, -0.2) is 0 Å². The Balaban J connectivity index is -0.000000270. The summed E-state index contributed by atoms with van der Waals surface area (Å²) in [5.41, 5.74) is 0. The van der Waals surface area contributed by atoms with Crippen molar-refractivity contribution in [2.24, 2.45) is 0 Å². The molecule has 0 aromatic rings. The lowest BCUT2D eigenvalue weighted by atomic mass is 10.4. The molecule has 150 valence electrons. The van der Waals surface area contributed by atoms with Crippen molar-refractivity contribution < 1.29 is 4.48 Å². The van der Waals surface area contributed by atoms with Crippen LogP contribution in [0, 0.1) is 0 Å². The molecule has 0 saturated carbocycles. The number of quaternary nitrogens is 1. The summed E-state index contributed by atoms with van der Waals surface area (Å²) in [6.45, 7) is 10.0. The van der Waals surface area contributed by atoms with Gasteiger partial charge in [0, 0.05) is 37.3 Å². The summed E-state index contributed by atoms with van der Waals surface area (Å²) < 4.78 is 1.21. The smallest absolute Gasteiger partial charge is 0.128 e. The number of hydrogen-bond acceptors (Lipinski definition) is 2. The quantitative estimate of drug-likeness (QED) is 0.291. The molecule has 0 N–H and O–H groups in total. The van der Waals surface area contributed by atoms with Crippen molar-refractivity contribution in [2.45, 2.75) is 20.8 Å². The van der Waals surface area contributed by atoms with Crippen LogP contribution in [0.5, 0.6) is 0 Å². The predicted molar refractivity (Wildman–Crippen MR) is 116 cm³/mol. The van der Waals surface area contributed by atoms with Crippen LogP contribution in [0.15, 0.2) is 0 Å². The summed E-state index contributed by atoms with van der Waals surface area (Å²) >= 11 is 21.9. The molecule has 0 spiro atoms. The summed E-state index contributed by atoms with van der Waals surface area (Å²) in [5, 5.41) is 0. The summed E-state index contributed by atoms with van der Waals surface area (Å²) in [7, 11) is 6.33. The van der Waals surface area contributed by atoms with Crippen molar-refractivity contribution >= 4 is 46.4 Å². The minimum Gasteiger partial charge on any atom is -0.316 e. The minimum absolute atomic E-state index is 0. The Kier molecular flexibility index (Phi) is 25.3. The Morgan fingerprint density at radius 2 is 1.12 bits per heavy atom. The molecule has 1 fully saturated rings. The standard InChI is InChI=1S/C6H14ClN.C5H11Cl2N.C5H11ClN.CH4/c1-3-5-8(2)6-4-7;1-8(4-2-6)5-3-7;1-7(3-2-6)4-5-7;/h3-6H2,1-2H3;2-5H2,1H3;2-5H2,1H3;1H4/q;;+1;. The number of hydrogen-bond donors (Lipinski definition) is 0. The highest BCUT2D eigenvalue weighted by molar-refractivity contribution is 6.18. The average molecular weight is 428 g/mol. The molecule has 0 aromatic heterocycles. The molecule has 0 aromatic carbocycles. The van der Waals surface area contributed by atoms with E-state index in [1.165, 1.54) is 24.0 Å². The molecule has 1 aliphatic heterocycles. The highest BCUT2D eigenvalue weighted by Crippen LogP contribution is 2.15. The fourth-order valence-corrected chi connectivity index (χ4v) is 2.91. The second-order valence-electron chi connectivity index (χ2n) is 6.15. The third kappa shape index (κ3) is 23.0. The molecule has 0 bridgehead atoms. The van der Waals surface area contributed by atoms with Crippen LogP contribution in [0.4, 0.5) is 0 Å². The van der Waals surface area contributed by atoms with Gasteiger partial charge in [-0.3, -0.25) is 0 Å². The zero-order valence-corrected chi connectivity index (χ0v) is 18.4. The maximum absolute atomic E-state index is 5.51. The Morgan fingerprint density at radius 1 is 0.750 bits per heavy atom. The molecule has 1 aliphatic rings. The Bertz CT molecular complexity index is 216. The van der Waals surface area contributed by atoms with E-state index in [1.807, 2.05) is 7.05 Å². The molecule has 7 heteroatoms.